The molecule has 0 aliphatic rings. The van der Waals surface area contributed by atoms with Crippen molar-refractivity contribution in [2.75, 3.05) is 21.0 Å². The lowest BCUT2D eigenvalue weighted by Crippen LogP contribution is -2.00. The average Bonchev–Trinajstić information content (AvgIpc) is 2.26. The van der Waals surface area contributed by atoms with E-state index in [9.17, 15) is 4.79 Å². The number of benzene rings is 1. The summed E-state index contributed by atoms with van der Waals surface area (Å²) in [6.07, 6.45) is 1.19. The Morgan fingerprint density at radius 3 is 2.53 bits per heavy atom. The van der Waals surface area contributed by atoms with Gasteiger partial charge in [-0.25, -0.2) is 0 Å². The molecule has 82 valence electrons. The lowest BCUT2D eigenvalue weighted by atomic mass is 10.1. The van der Waals surface area contributed by atoms with E-state index in [0.29, 0.717) is 17.9 Å². The second-order valence-electron chi connectivity index (χ2n) is 2.94. The lowest BCUT2D eigenvalue weighted by molar-refractivity contribution is -0.107. The first-order valence-electron chi connectivity index (χ1n) is 4.53. The van der Waals surface area contributed by atoms with E-state index >= 15 is 0 Å². The Hall–Kier alpha value is -1.55. The van der Waals surface area contributed by atoms with E-state index in [1.807, 2.05) is 0 Å². The fourth-order valence-corrected chi connectivity index (χ4v) is 1.17. The number of methoxy groups -OCH3 is 2. The number of hydrogen-bond acceptors (Lipinski definition) is 4. The number of ether oxygens (including phenoxy) is 3. The highest BCUT2D eigenvalue weighted by atomic mass is 16.7. The predicted octanol–water partition coefficient (Wildman–Crippen LogP) is 1.42. The molecule has 0 amide bonds. The first-order chi connectivity index (χ1) is 7.30. The van der Waals surface area contributed by atoms with Gasteiger partial charge in [0.2, 0.25) is 0 Å². The molecular weight excluding hydrogens is 196 g/mol. The van der Waals surface area contributed by atoms with E-state index in [0.717, 1.165) is 11.8 Å². The Labute approximate surface area is 88.8 Å². The maximum Gasteiger partial charge on any atom is 0.188 e. The van der Waals surface area contributed by atoms with Crippen molar-refractivity contribution < 1.29 is 19.0 Å². The lowest BCUT2D eigenvalue weighted by Gasteiger charge is -2.08. The van der Waals surface area contributed by atoms with Crippen molar-refractivity contribution in [2.24, 2.45) is 0 Å². The SMILES string of the molecule is COCOc1cc(CC=O)cc(OC)c1. The molecule has 0 atom stereocenters. The second kappa shape index (κ2) is 6.03. The van der Waals surface area contributed by atoms with Gasteiger partial charge in [-0.05, 0) is 17.7 Å². The summed E-state index contributed by atoms with van der Waals surface area (Å²) >= 11 is 0. The van der Waals surface area contributed by atoms with Crippen molar-refractivity contribution in [1.82, 2.24) is 0 Å². The molecule has 0 saturated heterocycles. The molecule has 15 heavy (non-hydrogen) atoms. The van der Waals surface area contributed by atoms with Gasteiger partial charge in [0.15, 0.2) is 6.79 Å². The average molecular weight is 210 g/mol. The molecular formula is C11H14O4. The first-order valence-corrected chi connectivity index (χ1v) is 4.53. The van der Waals surface area contributed by atoms with Crippen molar-refractivity contribution in [3.63, 3.8) is 0 Å². The van der Waals surface area contributed by atoms with Gasteiger partial charge in [0.05, 0.1) is 7.11 Å². The molecule has 0 aliphatic carbocycles. The third-order valence-electron chi connectivity index (χ3n) is 1.84. The van der Waals surface area contributed by atoms with Crippen LogP contribution in [-0.4, -0.2) is 27.3 Å². The van der Waals surface area contributed by atoms with Crippen LogP contribution in [0.4, 0.5) is 0 Å². The van der Waals surface area contributed by atoms with Crippen LogP contribution in [0.25, 0.3) is 0 Å². The quantitative estimate of drug-likeness (QED) is 0.526. The number of aldehydes is 1. The summed E-state index contributed by atoms with van der Waals surface area (Å²) in [4.78, 5) is 10.4. The van der Waals surface area contributed by atoms with Crippen LogP contribution in [0, 0.1) is 0 Å². The molecule has 0 unspecified atom stereocenters. The molecule has 4 nitrogen and oxygen atoms in total. The minimum Gasteiger partial charge on any atom is -0.497 e. The molecule has 0 heterocycles. The Kier molecular flexibility index (Phi) is 4.63. The van der Waals surface area contributed by atoms with Gasteiger partial charge in [-0.2, -0.15) is 0 Å². The number of carbonyl (C=O) groups is 1. The van der Waals surface area contributed by atoms with E-state index in [-0.39, 0.29) is 6.79 Å². The molecule has 1 rings (SSSR count). The van der Waals surface area contributed by atoms with Crippen molar-refractivity contribution in [3.05, 3.63) is 23.8 Å². The van der Waals surface area contributed by atoms with Crippen LogP contribution < -0.4 is 9.47 Å². The van der Waals surface area contributed by atoms with Gasteiger partial charge in [0.1, 0.15) is 17.8 Å². The van der Waals surface area contributed by atoms with Crippen LogP contribution in [-0.2, 0) is 16.0 Å². The minimum atomic E-state index is 0.174. The van der Waals surface area contributed by atoms with Crippen LogP contribution in [0.2, 0.25) is 0 Å². The minimum absolute atomic E-state index is 0.174. The maximum absolute atomic E-state index is 10.4. The van der Waals surface area contributed by atoms with Crippen LogP contribution in [0.1, 0.15) is 5.56 Å². The zero-order valence-corrected chi connectivity index (χ0v) is 8.86. The Balaban J connectivity index is 2.84. The molecule has 0 fully saturated rings. The number of rotatable bonds is 6. The summed E-state index contributed by atoms with van der Waals surface area (Å²) in [5.74, 6) is 1.30. The third-order valence-corrected chi connectivity index (χ3v) is 1.84. The highest BCUT2D eigenvalue weighted by Gasteiger charge is 2.02. The van der Waals surface area contributed by atoms with Gasteiger partial charge in [-0.1, -0.05) is 0 Å². The molecule has 0 saturated carbocycles. The van der Waals surface area contributed by atoms with Gasteiger partial charge in [-0.15, -0.1) is 0 Å². The van der Waals surface area contributed by atoms with Gasteiger partial charge in [0.25, 0.3) is 0 Å². The second-order valence-corrected chi connectivity index (χ2v) is 2.94. The van der Waals surface area contributed by atoms with Crippen molar-refractivity contribution in [3.8, 4) is 11.5 Å². The van der Waals surface area contributed by atoms with Crippen LogP contribution in [0.3, 0.4) is 0 Å². The zero-order valence-electron chi connectivity index (χ0n) is 8.86. The molecule has 0 aliphatic heterocycles. The summed E-state index contributed by atoms with van der Waals surface area (Å²) in [6.45, 7) is 0.174. The molecule has 0 spiro atoms. The Morgan fingerprint density at radius 2 is 1.93 bits per heavy atom. The van der Waals surface area contributed by atoms with Gasteiger partial charge < -0.3 is 19.0 Å². The predicted molar refractivity (Wildman–Crippen MR) is 55.3 cm³/mol. The molecule has 0 bridgehead atoms. The summed E-state index contributed by atoms with van der Waals surface area (Å²) < 4.78 is 15.1. The molecule has 0 radical (unpaired) electrons. The van der Waals surface area contributed by atoms with Gasteiger partial charge >= 0.3 is 0 Å². The van der Waals surface area contributed by atoms with E-state index in [1.54, 1.807) is 32.4 Å². The van der Waals surface area contributed by atoms with E-state index in [4.69, 9.17) is 14.2 Å². The summed E-state index contributed by atoms with van der Waals surface area (Å²) in [5.41, 5.74) is 0.857. The smallest absolute Gasteiger partial charge is 0.188 e. The first kappa shape index (κ1) is 11.5. The standard InChI is InChI=1S/C11H14O4/c1-13-8-15-11-6-9(3-4-12)5-10(7-11)14-2/h4-7H,3,8H2,1-2H3. The summed E-state index contributed by atoms with van der Waals surface area (Å²) in [7, 11) is 3.12. The van der Waals surface area contributed by atoms with Crippen LogP contribution in [0.5, 0.6) is 11.5 Å². The van der Waals surface area contributed by atoms with Crippen molar-refractivity contribution in [2.45, 2.75) is 6.42 Å². The van der Waals surface area contributed by atoms with Crippen LogP contribution in [0.15, 0.2) is 18.2 Å². The molecule has 1 aromatic rings. The van der Waals surface area contributed by atoms with E-state index < -0.39 is 0 Å². The monoisotopic (exact) mass is 210 g/mol. The fraction of sp³-hybridized carbons (Fsp3) is 0.364. The van der Waals surface area contributed by atoms with Crippen LogP contribution >= 0.6 is 0 Å². The number of hydrogen-bond donors (Lipinski definition) is 0. The normalized spacial score (nSPS) is 9.73. The Bertz CT molecular complexity index is 322. The highest BCUT2D eigenvalue weighted by Crippen LogP contribution is 2.22. The maximum atomic E-state index is 10.4. The molecule has 0 aromatic heterocycles. The van der Waals surface area contributed by atoms with Crippen molar-refractivity contribution >= 4 is 6.29 Å². The highest BCUT2D eigenvalue weighted by molar-refractivity contribution is 5.56. The molecule has 1 aromatic carbocycles. The Morgan fingerprint density at radius 1 is 1.20 bits per heavy atom. The van der Waals surface area contributed by atoms with Crippen molar-refractivity contribution in [1.29, 1.82) is 0 Å². The van der Waals surface area contributed by atoms with Gasteiger partial charge in [-0.3, -0.25) is 0 Å². The van der Waals surface area contributed by atoms with Gasteiger partial charge in [0, 0.05) is 19.6 Å². The summed E-state index contributed by atoms with van der Waals surface area (Å²) in [6, 6.07) is 5.33. The fourth-order valence-electron chi connectivity index (χ4n) is 1.17. The topological polar surface area (TPSA) is 44.8 Å². The zero-order chi connectivity index (χ0) is 11.1. The number of carbonyl (C=O) groups excluding carboxylic acids is 1. The largest absolute Gasteiger partial charge is 0.497 e. The molecule has 0 N–H and O–H groups in total. The molecule has 4 heteroatoms. The van der Waals surface area contributed by atoms with E-state index in [1.165, 1.54) is 0 Å². The third kappa shape index (κ3) is 3.59. The van der Waals surface area contributed by atoms with E-state index in [2.05, 4.69) is 0 Å². The summed E-state index contributed by atoms with van der Waals surface area (Å²) in [5, 5.41) is 0.